The van der Waals surface area contributed by atoms with Gasteiger partial charge in [0.15, 0.2) is 0 Å². The van der Waals surface area contributed by atoms with Crippen molar-refractivity contribution < 1.29 is 4.42 Å². The maximum atomic E-state index is 6.08. The number of anilines is 2. The van der Waals surface area contributed by atoms with Crippen LogP contribution < -0.4 is 4.90 Å². The molecule has 0 saturated carbocycles. The van der Waals surface area contributed by atoms with Crippen LogP contribution in [0.1, 0.15) is 5.56 Å². The quantitative estimate of drug-likeness (QED) is 0.204. The van der Waals surface area contributed by atoms with Crippen LogP contribution >= 0.6 is 0 Å². The highest BCUT2D eigenvalue weighted by molar-refractivity contribution is 6.15. The van der Waals surface area contributed by atoms with E-state index in [-0.39, 0.29) is 0 Å². The number of hydrogen-bond acceptors (Lipinski definition) is 2. The molecule has 3 nitrogen and oxygen atoms in total. The van der Waals surface area contributed by atoms with Gasteiger partial charge in [0.1, 0.15) is 11.2 Å². The highest BCUT2D eigenvalue weighted by Crippen LogP contribution is 2.43. The number of aromatic nitrogens is 1. The summed E-state index contributed by atoms with van der Waals surface area (Å²) in [6.45, 7) is 5.36. The van der Waals surface area contributed by atoms with Crippen molar-refractivity contribution in [3.05, 3.63) is 170 Å². The van der Waals surface area contributed by atoms with E-state index in [4.69, 9.17) is 4.42 Å². The van der Waals surface area contributed by atoms with Gasteiger partial charge < -0.3 is 13.9 Å². The summed E-state index contributed by atoms with van der Waals surface area (Å²) in [5.74, 6) is 0. The molecule has 2 aromatic heterocycles. The highest BCUT2D eigenvalue weighted by atomic mass is 16.3. The number of fused-ring (bicyclic) bond motifs is 8. The SMILES string of the molecule is C=C1/C=C\C=C/CN(c2ccccc2)c2ccc3c4ccccc4n(-c4ccc(-c5ccc6oc7ccccc7c6c5)cc4)c3c21. The molecule has 3 heterocycles. The lowest BCUT2D eigenvalue weighted by molar-refractivity contribution is 0.669. The fraction of sp³-hybridized carbons (Fsp3) is 0.0233. The van der Waals surface area contributed by atoms with Crippen molar-refractivity contribution in [3.63, 3.8) is 0 Å². The Morgan fingerprint density at radius 3 is 2.17 bits per heavy atom. The summed E-state index contributed by atoms with van der Waals surface area (Å²) in [6, 6.07) is 47.5. The van der Waals surface area contributed by atoms with Gasteiger partial charge in [0.25, 0.3) is 0 Å². The zero-order valence-corrected chi connectivity index (χ0v) is 25.2. The van der Waals surface area contributed by atoms with E-state index in [1.54, 1.807) is 0 Å². The van der Waals surface area contributed by atoms with Gasteiger partial charge in [0.2, 0.25) is 0 Å². The number of para-hydroxylation sites is 3. The Bertz CT molecular complexity index is 2510. The summed E-state index contributed by atoms with van der Waals surface area (Å²) in [5, 5.41) is 4.72. The Hall–Kier alpha value is -6.06. The summed E-state index contributed by atoms with van der Waals surface area (Å²) in [5.41, 5.74) is 12.0. The van der Waals surface area contributed by atoms with Crippen LogP contribution in [-0.2, 0) is 0 Å². The van der Waals surface area contributed by atoms with Crippen molar-refractivity contribution in [1.82, 2.24) is 4.57 Å². The fourth-order valence-electron chi connectivity index (χ4n) is 7.02. The van der Waals surface area contributed by atoms with Gasteiger partial charge in [0.05, 0.1) is 16.7 Å². The third-order valence-corrected chi connectivity index (χ3v) is 9.16. The minimum atomic E-state index is 0.755. The van der Waals surface area contributed by atoms with E-state index in [1.165, 1.54) is 21.9 Å². The highest BCUT2D eigenvalue weighted by Gasteiger charge is 2.23. The summed E-state index contributed by atoms with van der Waals surface area (Å²) in [4.78, 5) is 2.38. The Kier molecular flexibility index (Phi) is 6.04. The van der Waals surface area contributed by atoms with Crippen molar-refractivity contribution in [3.8, 4) is 16.8 Å². The van der Waals surface area contributed by atoms with Crippen molar-refractivity contribution in [2.45, 2.75) is 0 Å². The second-order valence-corrected chi connectivity index (χ2v) is 11.8. The van der Waals surface area contributed by atoms with Gasteiger partial charge in [-0.3, -0.25) is 0 Å². The molecular formula is C43H30N2O. The minimum absolute atomic E-state index is 0.755. The van der Waals surface area contributed by atoms with Gasteiger partial charge in [0, 0.05) is 45.0 Å². The van der Waals surface area contributed by atoms with Crippen LogP contribution in [0, 0.1) is 0 Å². The Balaban J connectivity index is 1.25. The average molecular weight is 591 g/mol. The molecule has 8 aromatic rings. The molecule has 0 saturated heterocycles. The first-order chi connectivity index (χ1) is 22.7. The van der Waals surface area contributed by atoms with Crippen LogP contribution in [0.5, 0.6) is 0 Å². The number of benzene rings is 6. The van der Waals surface area contributed by atoms with E-state index < -0.39 is 0 Å². The maximum Gasteiger partial charge on any atom is 0.135 e. The normalized spacial score (nSPS) is 14.8. The summed E-state index contributed by atoms with van der Waals surface area (Å²) in [7, 11) is 0. The lowest BCUT2D eigenvalue weighted by Crippen LogP contribution is -2.18. The smallest absolute Gasteiger partial charge is 0.135 e. The maximum absolute atomic E-state index is 6.08. The third-order valence-electron chi connectivity index (χ3n) is 9.16. The van der Waals surface area contributed by atoms with Gasteiger partial charge in [-0.2, -0.15) is 0 Å². The van der Waals surface area contributed by atoms with Gasteiger partial charge >= 0.3 is 0 Å². The van der Waals surface area contributed by atoms with Crippen LogP contribution in [0.25, 0.3) is 66.1 Å². The molecule has 1 aliphatic heterocycles. The second kappa shape index (κ2) is 10.5. The zero-order chi connectivity index (χ0) is 30.6. The molecule has 0 aliphatic carbocycles. The van der Waals surface area contributed by atoms with Crippen LogP contribution in [0.2, 0.25) is 0 Å². The van der Waals surface area contributed by atoms with Crippen molar-refractivity contribution in [2.24, 2.45) is 0 Å². The van der Waals surface area contributed by atoms with E-state index >= 15 is 0 Å². The van der Waals surface area contributed by atoms with E-state index in [2.05, 4.69) is 162 Å². The molecular weight excluding hydrogens is 560 g/mol. The second-order valence-electron chi connectivity index (χ2n) is 11.8. The van der Waals surface area contributed by atoms with Crippen LogP contribution in [-0.4, -0.2) is 11.1 Å². The molecule has 0 N–H and O–H groups in total. The molecule has 0 atom stereocenters. The van der Waals surface area contributed by atoms with Crippen LogP contribution in [0.3, 0.4) is 0 Å². The summed E-state index contributed by atoms with van der Waals surface area (Å²) < 4.78 is 8.50. The summed E-state index contributed by atoms with van der Waals surface area (Å²) in [6.07, 6.45) is 8.54. The van der Waals surface area contributed by atoms with E-state index in [1.807, 2.05) is 12.1 Å². The van der Waals surface area contributed by atoms with Gasteiger partial charge in [-0.15, -0.1) is 0 Å². The molecule has 0 spiro atoms. The van der Waals surface area contributed by atoms with E-state index in [9.17, 15) is 0 Å². The Labute approximate surface area is 267 Å². The lowest BCUT2D eigenvalue weighted by Gasteiger charge is -2.27. The van der Waals surface area contributed by atoms with Crippen molar-refractivity contribution in [1.29, 1.82) is 0 Å². The minimum Gasteiger partial charge on any atom is -0.456 e. The fourth-order valence-corrected chi connectivity index (χ4v) is 7.02. The topological polar surface area (TPSA) is 21.3 Å². The Morgan fingerprint density at radius 1 is 0.565 bits per heavy atom. The molecule has 46 heavy (non-hydrogen) atoms. The zero-order valence-electron chi connectivity index (χ0n) is 25.2. The number of rotatable bonds is 3. The summed E-state index contributed by atoms with van der Waals surface area (Å²) >= 11 is 0. The predicted molar refractivity (Wildman–Crippen MR) is 194 cm³/mol. The van der Waals surface area contributed by atoms with Crippen LogP contribution in [0.15, 0.2) is 169 Å². The average Bonchev–Trinajstić information content (AvgIpc) is 3.67. The molecule has 6 aromatic carbocycles. The molecule has 0 amide bonds. The van der Waals surface area contributed by atoms with Gasteiger partial charge in [-0.25, -0.2) is 0 Å². The standard InChI is InChI=1S/C43H30N2O/c1-29-12-4-3-11-27-44(32-13-5-2-6-14-32)39-25-24-36-34-15-7-9-17-38(34)45(43(36)42(29)39)33-22-19-30(20-23-33)31-21-26-41-37(28-31)35-16-8-10-18-40(35)46-41/h2-26,28H,1,27H2/b11-3-,12-4-. The largest absolute Gasteiger partial charge is 0.456 e. The molecule has 218 valence electrons. The first kappa shape index (κ1) is 26.4. The number of allylic oxidation sites excluding steroid dienone is 4. The van der Waals surface area contributed by atoms with E-state index in [0.717, 1.165) is 67.8 Å². The van der Waals surface area contributed by atoms with Gasteiger partial charge in [-0.1, -0.05) is 110 Å². The molecule has 0 bridgehead atoms. The third kappa shape index (κ3) is 4.13. The molecule has 3 heteroatoms. The number of furan rings is 1. The molecule has 0 radical (unpaired) electrons. The molecule has 9 rings (SSSR count). The lowest BCUT2D eigenvalue weighted by atomic mass is 9.99. The van der Waals surface area contributed by atoms with Crippen molar-refractivity contribution in [2.75, 3.05) is 11.4 Å². The number of hydrogen-bond donors (Lipinski definition) is 0. The van der Waals surface area contributed by atoms with Gasteiger partial charge in [-0.05, 0) is 71.3 Å². The first-order valence-electron chi connectivity index (χ1n) is 15.7. The van der Waals surface area contributed by atoms with Crippen molar-refractivity contribution >= 4 is 60.7 Å². The molecule has 0 fully saturated rings. The predicted octanol–water partition coefficient (Wildman–Crippen LogP) is 11.6. The molecule has 0 unspecified atom stereocenters. The monoisotopic (exact) mass is 590 g/mol. The molecule has 1 aliphatic rings. The van der Waals surface area contributed by atoms with Crippen LogP contribution in [0.4, 0.5) is 11.4 Å². The van der Waals surface area contributed by atoms with E-state index in [0.29, 0.717) is 0 Å². The first-order valence-corrected chi connectivity index (χ1v) is 15.7. The number of nitrogens with zero attached hydrogens (tertiary/aromatic N) is 2. The Morgan fingerprint density at radius 2 is 1.30 bits per heavy atom.